The number of alkyl halides is 1. The molecule has 0 saturated heterocycles. The van der Waals surface area contributed by atoms with Crippen LogP contribution in [0.3, 0.4) is 0 Å². The van der Waals surface area contributed by atoms with E-state index in [1.165, 1.54) is 49.1 Å². The Balaban J connectivity index is 1.93. The SMILES string of the molecule is ClCc1c(C2CCC2)n[nH]c1C1CC1. The number of H-pyrrole nitrogens is 1. The Bertz CT molecular complexity index is 337. The second kappa shape index (κ2) is 3.27. The van der Waals surface area contributed by atoms with Gasteiger partial charge in [0, 0.05) is 23.1 Å². The van der Waals surface area contributed by atoms with Crippen LogP contribution in [-0.4, -0.2) is 10.2 Å². The minimum absolute atomic E-state index is 0.633. The molecule has 0 radical (unpaired) electrons. The van der Waals surface area contributed by atoms with Crippen molar-refractivity contribution in [2.75, 3.05) is 0 Å². The van der Waals surface area contributed by atoms with Crippen LogP contribution in [0.5, 0.6) is 0 Å². The summed E-state index contributed by atoms with van der Waals surface area (Å²) in [6.45, 7) is 0. The lowest BCUT2D eigenvalue weighted by atomic mass is 9.81. The molecule has 2 aliphatic rings. The van der Waals surface area contributed by atoms with E-state index in [0.29, 0.717) is 11.8 Å². The second-order valence-corrected chi connectivity index (χ2v) is 4.80. The number of hydrogen-bond donors (Lipinski definition) is 1. The van der Waals surface area contributed by atoms with Gasteiger partial charge in [-0.1, -0.05) is 6.42 Å². The molecule has 0 aromatic carbocycles. The summed E-state index contributed by atoms with van der Waals surface area (Å²) in [6.07, 6.45) is 6.60. The third kappa shape index (κ3) is 1.28. The molecule has 0 unspecified atom stereocenters. The number of aromatic amines is 1. The molecule has 76 valence electrons. The van der Waals surface area contributed by atoms with Gasteiger partial charge in [-0.05, 0) is 25.7 Å². The first kappa shape index (κ1) is 8.78. The normalized spacial score (nSPS) is 22.4. The predicted octanol–water partition coefficient (Wildman–Crippen LogP) is 3.29. The molecular weight excluding hydrogens is 196 g/mol. The van der Waals surface area contributed by atoms with Crippen LogP contribution in [0.25, 0.3) is 0 Å². The van der Waals surface area contributed by atoms with Crippen LogP contribution < -0.4 is 0 Å². The van der Waals surface area contributed by atoms with Crippen molar-refractivity contribution in [2.24, 2.45) is 0 Å². The maximum atomic E-state index is 6.02. The third-order valence-corrected chi connectivity index (χ3v) is 3.81. The van der Waals surface area contributed by atoms with Gasteiger partial charge in [0.05, 0.1) is 11.6 Å². The summed E-state index contributed by atoms with van der Waals surface area (Å²) in [4.78, 5) is 0. The second-order valence-electron chi connectivity index (χ2n) is 4.54. The van der Waals surface area contributed by atoms with E-state index in [0.717, 1.165) is 5.92 Å². The molecule has 0 bridgehead atoms. The molecular formula is C11H15ClN2. The highest BCUT2D eigenvalue weighted by molar-refractivity contribution is 6.17. The lowest BCUT2D eigenvalue weighted by Crippen LogP contribution is -2.11. The van der Waals surface area contributed by atoms with Crippen molar-refractivity contribution in [2.45, 2.75) is 49.8 Å². The summed E-state index contributed by atoms with van der Waals surface area (Å²) < 4.78 is 0. The van der Waals surface area contributed by atoms with Crippen LogP contribution in [0.2, 0.25) is 0 Å². The molecule has 2 saturated carbocycles. The van der Waals surface area contributed by atoms with Gasteiger partial charge in [0.1, 0.15) is 0 Å². The molecule has 2 fully saturated rings. The number of rotatable bonds is 3. The Labute approximate surface area is 89.0 Å². The zero-order chi connectivity index (χ0) is 9.54. The minimum atomic E-state index is 0.633. The highest BCUT2D eigenvalue weighted by Crippen LogP contribution is 2.45. The molecule has 3 rings (SSSR count). The fourth-order valence-electron chi connectivity index (χ4n) is 2.26. The van der Waals surface area contributed by atoms with Crippen molar-refractivity contribution < 1.29 is 0 Å². The molecule has 1 heterocycles. The van der Waals surface area contributed by atoms with Gasteiger partial charge in [0.25, 0.3) is 0 Å². The number of halogens is 1. The van der Waals surface area contributed by atoms with Crippen molar-refractivity contribution >= 4 is 11.6 Å². The molecule has 3 heteroatoms. The number of nitrogens with zero attached hydrogens (tertiary/aromatic N) is 1. The van der Waals surface area contributed by atoms with Crippen LogP contribution >= 0.6 is 11.6 Å². The van der Waals surface area contributed by atoms with Crippen LogP contribution in [0.15, 0.2) is 0 Å². The number of aromatic nitrogens is 2. The molecule has 2 nitrogen and oxygen atoms in total. The first-order valence-electron chi connectivity index (χ1n) is 5.53. The van der Waals surface area contributed by atoms with E-state index in [1.54, 1.807) is 0 Å². The molecule has 2 aliphatic carbocycles. The summed E-state index contributed by atoms with van der Waals surface area (Å²) in [5.74, 6) is 2.08. The summed E-state index contributed by atoms with van der Waals surface area (Å²) in [6, 6.07) is 0. The molecule has 0 atom stereocenters. The minimum Gasteiger partial charge on any atom is -0.282 e. The van der Waals surface area contributed by atoms with Gasteiger partial charge >= 0.3 is 0 Å². The third-order valence-electron chi connectivity index (χ3n) is 3.54. The van der Waals surface area contributed by atoms with Crippen molar-refractivity contribution in [3.8, 4) is 0 Å². The first-order valence-corrected chi connectivity index (χ1v) is 6.06. The largest absolute Gasteiger partial charge is 0.282 e. The number of hydrogen-bond acceptors (Lipinski definition) is 1. The van der Waals surface area contributed by atoms with Crippen LogP contribution in [-0.2, 0) is 5.88 Å². The monoisotopic (exact) mass is 210 g/mol. The van der Waals surface area contributed by atoms with Crippen molar-refractivity contribution in [3.05, 3.63) is 17.0 Å². The molecule has 1 aromatic rings. The maximum Gasteiger partial charge on any atom is 0.0700 e. The summed E-state index contributed by atoms with van der Waals surface area (Å²) in [7, 11) is 0. The van der Waals surface area contributed by atoms with E-state index in [4.69, 9.17) is 11.6 Å². The van der Waals surface area contributed by atoms with Gasteiger partial charge in [-0.3, -0.25) is 5.10 Å². The van der Waals surface area contributed by atoms with Crippen molar-refractivity contribution in [1.82, 2.24) is 10.2 Å². The summed E-state index contributed by atoms with van der Waals surface area (Å²) in [5, 5.41) is 7.66. The van der Waals surface area contributed by atoms with Gasteiger partial charge in [-0.25, -0.2) is 0 Å². The number of nitrogens with one attached hydrogen (secondary N) is 1. The summed E-state index contributed by atoms with van der Waals surface area (Å²) >= 11 is 6.02. The molecule has 14 heavy (non-hydrogen) atoms. The fraction of sp³-hybridized carbons (Fsp3) is 0.727. The quantitative estimate of drug-likeness (QED) is 0.762. The molecule has 1 N–H and O–H groups in total. The molecule has 1 aromatic heterocycles. The Kier molecular flexibility index (Phi) is 2.05. The highest BCUT2D eigenvalue weighted by Gasteiger charge is 2.32. The van der Waals surface area contributed by atoms with Gasteiger partial charge < -0.3 is 0 Å². The van der Waals surface area contributed by atoms with Gasteiger partial charge in [0.15, 0.2) is 0 Å². The molecule has 0 spiro atoms. The van der Waals surface area contributed by atoms with Gasteiger partial charge in [0.2, 0.25) is 0 Å². The smallest absolute Gasteiger partial charge is 0.0700 e. The van der Waals surface area contributed by atoms with E-state index in [9.17, 15) is 0 Å². The van der Waals surface area contributed by atoms with Crippen LogP contribution in [0, 0.1) is 0 Å². The van der Waals surface area contributed by atoms with Gasteiger partial charge in [-0.15, -0.1) is 11.6 Å². The van der Waals surface area contributed by atoms with Gasteiger partial charge in [-0.2, -0.15) is 5.10 Å². The molecule has 0 aliphatic heterocycles. The summed E-state index contributed by atoms with van der Waals surface area (Å²) in [5.41, 5.74) is 3.92. The molecule has 0 amide bonds. The zero-order valence-corrected chi connectivity index (χ0v) is 8.98. The topological polar surface area (TPSA) is 28.7 Å². The van der Waals surface area contributed by atoms with E-state index in [2.05, 4.69) is 10.2 Å². The van der Waals surface area contributed by atoms with E-state index in [-0.39, 0.29) is 0 Å². The van der Waals surface area contributed by atoms with Crippen molar-refractivity contribution in [3.63, 3.8) is 0 Å². The van der Waals surface area contributed by atoms with E-state index < -0.39 is 0 Å². The maximum absolute atomic E-state index is 6.02. The average molecular weight is 211 g/mol. The standard InChI is InChI=1S/C11H15ClN2/c12-6-9-10(7-2-1-3-7)13-14-11(9)8-4-5-8/h7-8H,1-6H2,(H,13,14). The zero-order valence-electron chi connectivity index (χ0n) is 8.22. The Hall–Kier alpha value is -0.500. The lowest BCUT2D eigenvalue weighted by Gasteiger charge is -2.24. The highest BCUT2D eigenvalue weighted by atomic mass is 35.5. The van der Waals surface area contributed by atoms with Crippen LogP contribution in [0.4, 0.5) is 0 Å². The predicted molar refractivity (Wildman–Crippen MR) is 56.7 cm³/mol. The Morgan fingerprint density at radius 3 is 2.50 bits per heavy atom. The fourth-order valence-corrected chi connectivity index (χ4v) is 2.54. The van der Waals surface area contributed by atoms with Crippen molar-refractivity contribution in [1.29, 1.82) is 0 Å². The van der Waals surface area contributed by atoms with Crippen LogP contribution in [0.1, 0.15) is 60.9 Å². The average Bonchev–Trinajstić information content (AvgIpc) is 2.86. The lowest BCUT2D eigenvalue weighted by molar-refractivity contribution is 0.409. The Morgan fingerprint density at radius 1 is 1.21 bits per heavy atom. The first-order chi connectivity index (χ1) is 6.90. The van der Waals surface area contributed by atoms with E-state index >= 15 is 0 Å². The van der Waals surface area contributed by atoms with E-state index in [1.807, 2.05) is 0 Å². The Morgan fingerprint density at radius 2 is 2.00 bits per heavy atom.